The normalized spacial score (nSPS) is 20.3. The highest BCUT2D eigenvalue weighted by atomic mass is 35.5. The van der Waals surface area contributed by atoms with Gasteiger partial charge in [-0.1, -0.05) is 18.2 Å². The van der Waals surface area contributed by atoms with Crippen LogP contribution >= 0.6 is 23.4 Å². The van der Waals surface area contributed by atoms with Gasteiger partial charge in [-0.25, -0.2) is 18.5 Å². The Labute approximate surface area is 169 Å². The molecule has 1 aliphatic carbocycles. The molecule has 1 heterocycles. The smallest absolute Gasteiger partial charge is 0.299 e. The lowest BCUT2D eigenvalue weighted by molar-refractivity contribution is -0.140. The van der Waals surface area contributed by atoms with Crippen molar-refractivity contribution in [2.24, 2.45) is 5.14 Å². The molecule has 0 aliphatic heterocycles. The Morgan fingerprint density at radius 3 is 2.46 bits per heavy atom. The van der Waals surface area contributed by atoms with Crippen molar-refractivity contribution in [1.29, 1.82) is 0 Å². The van der Waals surface area contributed by atoms with Crippen LogP contribution in [0.5, 0.6) is 0 Å². The van der Waals surface area contributed by atoms with E-state index >= 15 is 0 Å². The minimum atomic E-state index is -4.64. The molecule has 0 bridgehead atoms. The molecule has 150 valence electrons. The summed E-state index contributed by atoms with van der Waals surface area (Å²) in [5.41, 5.74) is -0.221. The highest BCUT2D eigenvalue weighted by Gasteiger charge is 2.36. The third-order valence-electron chi connectivity index (χ3n) is 4.14. The molecule has 0 spiro atoms. The highest BCUT2D eigenvalue weighted by Crippen LogP contribution is 2.42. The van der Waals surface area contributed by atoms with E-state index in [1.54, 1.807) is 24.5 Å². The molecular formula is C17H15ClF3N3O2S2. The number of aromatic nitrogens is 2. The number of halogens is 4. The summed E-state index contributed by atoms with van der Waals surface area (Å²) in [7, 11) is -3.91. The van der Waals surface area contributed by atoms with E-state index in [1.165, 1.54) is 40.6 Å². The van der Waals surface area contributed by atoms with Crippen LogP contribution in [0.15, 0.2) is 53.6 Å². The molecule has 0 amide bonds. The lowest BCUT2D eigenvalue weighted by atomic mass is 10.0. The summed E-state index contributed by atoms with van der Waals surface area (Å²) in [6.45, 7) is 0. The maximum Gasteiger partial charge on any atom is 0.434 e. The number of hydrogen-bond acceptors (Lipinski definition) is 4. The van der Waals surface area contributed by atoms with Crippen LogP contribution < -0.4 is 5.14 Å². The Bertz CT molecular complexity index is 1060. The first kappa shape index (κ1) is 21.0. The van der Waals surface area contributed by atoms with Gasteiger partial charge in [0.1, 0.15) is 10.0 Å². The molecule has 1 unspecified atom stereocenters. The molecule has 0 saturated heterocycles. The topological polar surface area (TPSA) is 78.0 Å². The second-order valence-electron chi connectivity index (χ2n) is 6.07. The van der Waals surface area contributed by atoms with Crippen molar-refractivity contribution in [3.05, 3.63) is 60.2 Å². The Balaban J connectivity index is 2.12. The zero-order chi connectivity index (χ0) is 20.7. The molecule has 1 atom stereocenters. The van der Waals surface area contributed by atoms with Crippen molar-refractivity contribution in [2.45, 2.75) is 21.7 Å². The number of alkyl halides is 4. The summed E-state index contributed by atoms with van der Waals surface area (Å²) in [6, 6.07) is 5.19. The number of nitrogens with two attached hydrogens (primary N) is 1. The number of thioether (sulfide) groups is 1. The number of nitrogens with zero attached hydrogens (tertiary/aromatic N) is 2. The number of imidazole rings is 1. The van der Waals surface area contributed by atoms with Gasteiger partial charge in [0.15, 0.2) is 5.69 Å². The maximum atomic E-state index is 13.3. The molecule has 1 aromatic heterocycles. The molecule has 5 nitrogen and oxygen atoms in total. The van der Waals surface area contributed by atoms with Crippen LogP contribution in [0.4, 0.5) is 13.2 Å². The second kappa shape index (κ2) is 7.25. The van der Waals surface area contributed by atoms with E-state index in [9.17, 15) is 21.6 Å². The van der Waals surface area contributed by atoms with Crippen molar-refractivity contribution >= 4 is 39.0 Å². The van der Waals surface area contributed by atoms with Gasteiger partial charge >= 0.3 is 6.18 Å². The van der Waals surface area contributed by atoms with E-state index in [1.807, 2.05) is 0 Å². The van der Waals surface area contributed by atoms with Crippen LogP contribution in [0.25, 0.3) is 11.3 Å². The molecule has 11 heteroatoms. The quantitative estimate of drug-likeness (QED) is 0.710. The monoisotopic (exact) mass is 449 g/mol. The minimum Gasteiger partial charge on any atom is -0.299 e. The minimum absolute atomic E-state index is 0.0825. The zero-order valence-electron chi connectivity index (χ0n) is 14.4. The summed E-state index contributed by atoms with van der Waals surface area (Å²) in [5, 5.41) is 5.07. The first-order valence-electron chi connectivity index (χ1n) is 7.86. The molecule has 0 fully saturated rings. The fraction of sp³-hybridized carbons (Fsp3) is 0.235. The van der Waals surface area contributed by atoms with Crippen LogP contribution in [0.2, 0.25) is 0 Å². The number of sulfonamides is 1. The van der Waals surface area contributed by atoms with Gasteiger partial charge in [-0.2, -0.15) is 13.2 Å². The molecule has 3 rings (SSSR count). The van der Waals surface area contributed by atoms with E-state index in [4.69, 9.17) is 16.7 Å². The Hall–Kier alpha value is -1.75. The largest absolute Gasteiger partial charge is 0.434 e. The summed E-state index contributed by atoms with van der Waals surface area (Å²) in [5.74, 6) is 0.0825. The van der Waals surface area contributed by atoms with Crippen LogP contribution in [-0.4, -0.2) is 28.4 Å². The van der Waals surface area contributed by atoms with E-state index in [0.717, 1.165) is 6.20 Å². The second-order valence-corrected chi connectivity index (χ2v) is 9.67. The summed E-state index contributed by atoms with van der Waals surface area (Å²) in [4.78, 5) is 3.63. The Kier molecular flexibility index (Phi) is 5.43. The van der Waals surface area contributed by atoms with Crippen LogP contribution in [-0.2, 0) is 16.2 Å². The highest BCUT2D eigenvalue weighted by molar-refractivity contribution is 8.01. The summed E-state index contributed by atoms with van der Waals surface area (Å²) < 4.78 is 63.1. The lowest BCUT2D eigenvalue weighted by Crippen LogP contribution is -2.17. The predicted octanol–water partition coefficient (Wildman–Crippen LogP) is 4.18. The molecule has 1 aliphatic rings. The number of allylic oxidation sites excluding steroid dienone is 3. The fourth-order valence-electron chi connectivity index (χ4n) is 2.72. The Morgan fingerprint density at radius 2 is 1.93 bits per heavy atom. The molecule has 2 aromatic rings. The summed E-state index contributed by atoms with van der Waals surface area (Å²) >= 11 is 7.83. The van der Waals surface area contributed by atoms with E-state index in [2.05, 4.69) is 4.98 Å². The van der Waals surface area contributed by atoms with Crippen LogP contribution in [0.3, 0.4) is 0 Å². The zero-order valence-corrected chi connectivity index (χ0v) is 16.8. The van der Waals surface area contributed by atoms with Gasteiger partial charge in [0.25, 0.3) is 0 Å². The number of hydrogen-bond donors (Lipinski definition) is 1. The van der Waals surface area contributed by atoms with E-state index in [-0.39, 0.29) is 17.1 Å². The van der Waals surface area contributed by atoms with Gasteiger partial charge in [0.2, 0.25) is 10.0 Å². The number of rotatable bonds is 4. The maximum absolute atomic E-state index is 13.3. The van der Waals surface area contributed by atoms with Gasteiger partial charge in [-0.3, -0.25) is 4.57 Å². The van der Waals surface area contributed by atoms with Gasteiger partial charge in [-0.05, 0) is 36.1 Å². The molecule has 0 radical (unpaired) electrons. The lowest BCUT2D eigenvalue weighted by Gasteiger charge is -2.25. The molecule has 28 heavy (non-hydrogen) atoms. The van der Waals surface area contributed by atoms with Gasteiger partial charge in [-0.15, -0.1) is 23.4 Å². The van der Waals surface area contributed by atoms with Crippen LogP contribution in [0, 0.1) is 0 Å². The van der Waals surface area contributed by atoms with Crippen molar-refractivity contribution in [2.75, 3.05) is 6.26 Å². The van der Waals surface area contributed by atoms with E-state index in [0.29, 0.717) is 11.3 Å². The average Bonchev–Trinajstić information content (AvgIpc) is 3.07. The first-order chi connectivity index (χ1) is 12.9. The third-order valence-corrected chi connectivity index (χ3v) is 6.75. The van der Waals surface area contributed by atoms with E-state index < -0.39 is 26.1 Å². The van der Waals surface area contributed by atoms with Crippen molar-refractivity contribution < 1.29 is 21.6 Å². The van der Waals surface area contributed by atoms with Crippen LogP contribution in [0.1, 0.15) is 17.9 Å². The molecule has 2 N–H and O–H groups in total. The number of benzene rings is 1. The van der Waals surface area contributed by atoms with Gasteiger partial charge in [0.05, 0.1) is 4.90 Å². The predicted molar refractivity (Wildman–Crippen MR) is 104 cm³/mol. The van der Waals surface area contributed by atoms with Crippen molar-refractivity contribution in [3.8, 4) is 5.69 Å². The van der Waals surface area contributed by atoms with Crippen molar-refractivity contribution in [3.63, 3.8) is 0 Å². The van der Waals surface area contributed by atoms with Gasteiger partial charge < -0.3 is 0 Å². The first-order valence-corrected chi connectivity index (χ1v) is 11.0. The molecular weight excluding hydrogens is 435 g/mol. The standard InChI is InChI=1S/C17H15ClF3N3O2S2/c1-27-16(18)8-2-3-11(9-16)15-23-14(17(19,20)21)10-24(15)12-4-6-13(7-5-12)28(22,25)26/h2-8,10H,9H2,1H3,(H2,22,25,26). The SMILES string of the molecule is CSC1(Cl)C=CC=C(c2nc(C(F)(F)F)cn2-c2ccc(S(N)(=O)=O)cc2)C1. The third kappa shape index (κ3) is 4.29. The average molecular weight is 450 g/mol. The fourth-order valence-corrected chi connectivity index (χ4v) is 3.96. The Morgan fingerprint density at radius 1 is 1.29 bits per heavy atom. The summed E-state index contributed by atoms with van der Waals surface area (Å²) in [6.07, 6.45) is 3.42. The number of primary sulfonamides is 1. The molecule has 0 saturated carbocycles. The van der Waals surface area contributed by atoms with Crippen molar-refractivity contribution in [1.82, 2.24) is 9.55 Å². The molecule has 1 aromatic carbocycles. The van der Waals surface area contributed by atoms with Gasteiger partial charge in [0, 0.05) is 18.3 Å².